The smallest absolute Gasteiger partial charge is 0.489 e. The zero-order valence-corrected chi connectivity index (χ0v) is 30.6. The highest BCUT2D eigenvalue weighted by molar-refractivity contribution is 6.39. The van der Waals surface area contributed by atoms with E-state index in [1.807, 2.05) is 0 Å². The van der Waals surface area contributed by atoms with Crippen molar-refractivity contribution in [3.8, 4) is 17.2 Å². The Balaban J connectivity index is 0.000000847. The van der Waals surface area contributed by atoms with E-state index in [0.29, 0.717) is 48.9 Å². The van der Waals surface area contributed by atoms with Crippen molar-refractivity contribution in [3.63, 3.8) is 0 Å². The number of halogens is 12. The summed E-state index contributed by atoms with van der Waals surface area (Å²) in [5.41, 5.74) is 2.24. The van der Waals surface area contributed by atoms with E-state index in [9.17, 15) is 48.3 Å². The summed E-state index contributed by atoms with van der Waals surface area (Å²) in [6.07, 6.45) is 12.2. The van der Waals surface area contributed by atoms with Gasteiger partial charge in [0.25, 0.3) is 0 Å². The first-order valence-electron chi connectivity index (χ1n) is 17.9. The third-order valence-corrected chi connectivity index (χ3v) is 8.20. The van der Waals surface area contributed by atoms with Gasteiger partial charge in [0.15, 0.2) is 52.2 Å². The van der Waals surface area contributed by atoms with E-state index < -0.39 is 100 Å². The van der Waals surface area contributed by atoms with Crippen LogP contribution in [0.2, 0.25) is 0 Å². The summed E-state index contributed by atoms with van der Waals surface area (Å²) in [6, 6.07) is 5.38. The van der Waals surface area contributed by atoms with Gasteiger partial charge in [0.05, 0.1) is 5.82 Å². The average Bonchev–Trinajstić information content (AvgIpc) is 3.17. The molecule has 0 spiro atoms. The fourth-order valence-electron chi connectivity index (χ4n) is 5.21. The van der Waals surface area contributed by atoms with E-state index in [1.165, 1.54) is 32.1 Å². The number of allylic oxidation sites excluding steroid dienone is 1. The standard InChI is InChI=1S/C34H35BF9NO3.C6H2F3/c1-3-5-6-7-8-9-10-11-12-13-14-15-21(4-2)45-34-29(20-28(40)32(43)33(34)44)48-35(46-22-16-24(36)30(41)25(37)17-22)47-23-18-26(38)31(42)27(39)19-23;7-4-2-1-3-5(8)6(4)9/h16-20,45H,2-3,5-15H2,1H3;2-3H/q;-1/p+1. The lowest BCUT2D eigenvalue weighted by atomic mass is 10.0. The molecule has 308 valence electrons. The lowest BCUT2D eigenvalue weighted by Crippen LogP contribution is -2.76. The van der Waals surface area contributed by atoms with E-state index in [0.717, 1.165) is 49.6 Å². The fraction of sp³-hybridized carbons (Fsp3) is 0.325. The molecule has 0 radical (unpaired) electrons. The van der Waals surface area contributed by atoms with E-state index >= 15 is 4.39 Å². The first-order valence-corrected chi connectivity index (χ1v) is 17.9. The van der Waals surface area contributed by atoms with Crippen LogP contribution in [-0.2, 0) is 0 Å². The second-order valence-electron chi connectivity index (χ2n) is 12.5. The van der Waals surface area contributed by atoms with Gasteiger partial charge in [-0.3, -0.25) is 14.1 Å². The molecule has 0 aliphatic rings. The average molecular weight is 820 g/mol. The van der Waals surface area contributed by atoms with Gasteiger partial charge in [0.2, 0.25) is 17.3 Å². The zero-order chi connectivity index (χ0) is 42.1. The molecule has 0 aliphatic heterocycles. The van der Waals surface area contributed by atoms with Crippen LogP contribution in [0.1, 0.15) is 84.0 Å². The molecular formula is C40H38BF12NO3. The Morgan fingerprint density at radius 1 is 0.544 bits per heavy atom. The summed E-state index contributed by atoms with van der Waals surface area (Å²) >= 11 is 0. The predicted octanol–water partition coefficient (Wildman–Crippen LogP) is 11.9. The van der Waals surface area contributed by atoms with Gasteiger partial charge in [-0.15, -0.1) is 12.1 Å². The molecule has 0 atom stereocenters. The monoisotopic (exact) mass is 819 g/mol. The molecule has 4 nitrogen and oxygen atoms in total. The third kappa shape index (κ3) is 14.5. The van der Waals surface area contributed by atoms with E-state index in [1.54, 1.807) is 0 Å². The Morgan fingerprint density at radius 2 is 0.947 bits per heavy atom. The topological polar surface area (TPSA) is 44.3 Å². The lowest BCUT2D eigenvalue weighted by Gasteiger charge is -2.18. The van der Waals surface area contributed by atoms with Crippen molar-refractivity contribution in [2.24, 2.45) is 0 Å². The normalized spacial score (nSPS) is 10.8. The van der Waals surface area contributed by atoms with E-state index in [-0.39, 0.29) is 0 Å². The van der Waals surface area contributed by atoms with Crippen molar-refractivity contribution in [1.29, 1.82) is 0 Å². The van der Waals surface area contributed by atoms with Crippen molar-refractivity contribution >= 4 is 13.0 Å². The quantitative estimate of drug-likeness (QED) is 0.0184. The molecule has 2 N–H and O–H groups in total. The van der Waals surface area contributed by atoms with Gasteiger partial charge in [0, 0.05) is 48.4 Å². The Morgan fingerprint density at radius 3 is 1.37 bits per heavy atom. The van der Waals surface area contributed by atoms with Crippen LogP contribution in [0.25, 0.3) is 0 Å². The molecule has 4 aromatic rings. The summed E-state index contributed by atoms with van der Waals surface area (Å²) < 4.78 is 178. The molecule has 57 heavy (non-hydrogen) atoms. The van der Waals surface area contributed by atoms with Crippen molar-refractivity contribution in [2.75, 3.05) is 0 Å². The molecule has 0 fully saturated rings. The van der Waals surface area contributed by atoms with Crippen LogP contribution < -0.4 is 19.3 Å². The molecule has 0 amide bonds. The Labute approximate surface area is 322 Å². The number of nitrogens with two attached hydrogens (primary N) is 1. The van der Waals surface area contributed by atoms with Crippen molar-refractivity contribution in [3.05, 3.63) is 136 Å². The Kier molecular flexibility index (Phi) is 18.9. The highest BCUT2D eigenvalue weighted by Gasteiger charge is 2.36. The number of rotatable bonds is 20. The highest BCUT2D eigenvalue weighted by atomic mass is 19.2. The SMILES string of the molecule is C=C=C(CCCCCCCCCCCCC)[NH2+]c1c(OB(Oc2cc(F)c(F)c(F)c2)Oc2cc(F)c(F)c(F)c2)cc(F)c(F)c1F.Fc1c[c-]cc(F)c1F. The van der Waals surface area contributed by atoms with Crippen LogP contribution in [0.15, 0.2) is 60.5 Å². The molecular weight excluding hydrogens is 781 g/mol. The Bertz CT molecular complexity index is 1870. The largest absolute Gasteiger partial charge is 0.864 e. The number of hydrogen-bond donors (Lipinski definition) is 1. The summed E-state index contributed by atoms with van der Waals surface area (Å²) in [5, 5.41) is 1.09. The second-order valence-corrected chi connectivity index (χ2v) is 12.5. The maximum absolute atomic E-state index is 15.1. The van der Waals surface area contributed by atoms with Gasteiger partial charge in [-0.1, -0.05) is 83.4 Å². The predicted molar refractivity (Wildman–Crippen MR) is 187 cm³/mol. The van der Waals surface area contributed by atoms with Gasteiger partial charge in [-0.05, 0) is 6.42 Å². The summed E-state index contributed by atoms with van der Waals surface area (Å²) in [5.74, 6) is -22.1. The van der Waals surface area contributed by atoms with Crippen molar-refractivity contribution in [2.45, 2.75) is 84.0 Å². The minimum atomic E-state index is -2.36. The molecule has 4 aromatic carbocycles. The first-order chi connectivity index (χ1) is 27.2. The number of hydrogen-bond acceptors (Lipinski definition) is 3. The highest BCUT2D eigenvalue weighted by Crippen LogP contribution is 2.31. The van der Waals surface area contributed by atoms with Crippen LogP contribution in [0.3, 0.4) is 0 Å². The minimum Gasteiger partial charge on any atom is -0.489 e. The summed E-state index contributed by atoms with van der Waals surface area (Å²) in [4.78, 5) is 0. The van der Waals surface area contributed by atoms with Gasteiger partial charge in [-0.25, -0.2) is 39.5 Å². The molecule has 0 bridgehead atoms. The third-order valence-electron chi connectivity index (χ3n) is 8.20. The number of unbranched alkanes of at least 4 members (excludes halogenated alkanes) is 10. The maximum Gasteiger partial charge on any atom is 0.864 e. The molecule has 0 heterocycles. The molecule has 0 saturated carbocycles. The van der Waals surface area contributed by atoms with Crippen LogP contribution in [0.4, 0.5) is 58.4 Å². The maximum atomic E-state index is 15.1. The molecule has 17 heteroatoms. The van der Waals surface area contributed by atoms with Gasteiger partial charge >= 0.3 is 7.32 Å². The van der Waals surface area contributed by atoms with Crippen molar-refractivity contribution in [1.82, 2.24) is 0 Å². The number of quaternary nitrogens is 1. The van der Waals surface area contributed by atoms with Crippen molar-refractivity contribution < 1.29 is 72.0 Å². The molecule has 0 aliphatic carbocycles. The fourth-order valence-corrected chi connectivity index (χ4v) is 5.21. The summed E-state index contributed by atoms with van der Waals surface area (Å²) in [6.45, 7) is 5.74. The Hall–Kier alpha value is -5.02. The minimum absolute atomic E-state index is 0.296. The molecule has 0 saturated heterocycles. The number of benzene rings is 4. The molecule has 0 aromatic heterocycles. The zero-order valence-electron chi connectivity index (χ0n) is 30.6. The summed E-state index contributed by atoms with van der Waals surface area (Å²) in [7, 11) is -2.36. The van der Waals surface area contributed by atoms with Crippen LogP contribution in [0.5, 0.6) is 17.2 Å². The van der Waals surface area contributed by atoms with E-state index in [4.69, 9.17) is 14.0 Å². The first kappa shape index (κ1) is 46.4. The van der Waals surface area contributed by atoms with Gasteiger partial charge in [-0.2, -0.15) is 10.5 Å². The lowest BCUT2D eigenvalue weighted by molar-refractivity contribution is -0.523. The van der Waals surface area contributed by atoms with Gasteiger partial charge < -0.3 is 14.0 Å². The second kappa shape index (κ2) is 23.3. The van der Waals surface area contributed by atoms with Crippen LogP contribution in [0, 0.1) is 75.9 Å². The van der Waals surface area contributed by atoms with Crippen LogP contribution in [-0.4, -0.2) is 7.32 Å². The van der Waals surface area contributed by atoms with Crippen LogP contribution >= 0.6 is 0 Å². The molecule has 4 rings (SSSR count). The van der Waals surface area contributed by atoms with Gasteiger partial charge in [0.1, 0.15) is 11.5 Å². The van der Waals surface area contributed by atoms with E-state index in [2.05, 4.69) is 25.3 Å². The molecule has 0 unspecified atom stereocenters.